The van der Waals surface area contributed by atoms with Crippen molar-refractivity contribution in [3.05, 3.63) is 82.7 Å². The van der Waals surface area contributed by atoms with Crippen LogP contribution in [0.5, 0.6) is 5.75 Å². The van der Waals surface area contributed by atoms with Crippen LogP contribution in [0.3, 0.4) is 0 Å². The normalized spacial score (nSPS) is 16.5. The molecule has 11 nitrogen and oxygen atoms in total. The molecule has 0 aliphatic carbocycles. The molecule has 1 fully saturated rings. The lowest BCUT2D eigenvalue weighted by Gasteiger charge is -2.43. The Morgan fingerprint density at radius 3 is 2.51 bits per heavy atom. The van der Waals surface area contributed by atoms with E-state index in [9.17, 15) is 27.9 Å². The van der Waals surface area contributed by atoms with Gasteiger partial charge < -0.3 is 25.2 Å². The third-order valence-corrected chi connectivity index (χ3v) is 8.06. The zero-order valence-corrected chi connectivity index (χ0v) is 24.9. The first-order chi connectivity index (χ1) is 21.4. The molecule has 0 radical (unpaired) electrons. The Hall–Kier alpha value is -4.69. The van der Waals surface area contributed by atoms with Crippen LogP contribution < -0.4 is 10.1 Å². The van der Waals surface area contributed by atoms with Crippen LogP contribution in [-0.2, 0) is 12.7 Å². The van der Waals surface area contributed by atoms with Crippen LogP contribution in [0.1, 0.15) is 45.7 Å². The molecule has 14 heteroatoms. The highest BCUT2D eigenvalue weighted by molar-refractivity contribution is 6.00. The number of hydrogen-bond acceptors (Lipinski definition) is 7. The number of nitrogens with zero attached hydrogens (tertiary/aromatic N) is 5. The summed E-state index contributed by atoms with van der Waals surface area (Å²) in [6.45, 7) is 4.08. The molecular weight excluding hydrogens is 593 g/mol. The first-order valence-electron chi connectivity index (χ1n) is 14.2. The molecule has 1 saturated heterocycles. The van der Waals surface area contributed by atoms with Gasteiger partial charge in [0.25, 0.3) is 5.91 Å². The maximum Gasteiger partial charge on any atom is 0.433 e. The number of amides is 2. The number of methoxy groups -OCH3 is 1. The molecular formula is C31H33F3N6O5. The molecule has 2 aromatic carbocycles. The van der Waals surface area contributed by atoms with Crippen molar-refractivity contribution >= 4 is 17.6 Å². The molecule has 0 bridgehead atoms. The average molecular weight is 627 g/mol. The van der Waals surface area contributed by atoms with Crippen molar-refractivity contribution in [3.63, 3.8) is 0 Å². The van der Waals surface area contributed by atoms with Gasteiger partial charge in [0.15, 0.2) is 11.3 Å². The number of benzene rings is 2. The maximum absolute atomic E-state index is 14.4. The summed E-state index contributed by atoms with van der Waals surface area (Å²) in [6, 6.07) is 12.9. The number of aliphatic hydroxyl groups is 1. The fourth-order valence-corrected chi connectivity index (χ4v) is 5.83. The van der Waals surface area contributed by atoms with E-state index in [0.29, 0.717) is 28.9 Å². The van der Waals surface area contributed by atoms with Crippen LogP contribution in [0.15, 0.2) is 54.7 Å². The first kappa shape index (κ1) is 31.7. The second kappa shape index (κ2) is 12.7. The quantitative estimate of drug-likeness (QED) is 0.263. The number of aromatic nitrogens is 3. The highest BCUT2D eigenvalue weighted by Gasteiger charge is 2.39. The van der Waals surface area contributed by atoms with E-state index in [2.05, 4.69) is 15.4 Å². The van der Waals surface area contributed by atoms with Gasteiger partial charge in [-0.05, 0) is 49.2 Å². The van der Waals surface area contributed by atoms with E-state index in [1.165, 1.54) is 14.0 Å². The Bertz CT molecular complexity index is 1710. The number of aliphatic hydroxyl groups excluding tert-OH is 1. The Morgan fingerprint density at radius 1 is 1.16 bits per heavy atom. The SMILES string of the molecule is COc1ccc(-c2nc3c(C(=O)N4CCN([C@H](CO)c5cccc(CNC(=O)O)c5)C[C@H]4C)cnn3c(C(F)(F)F)c2C)cc1. The predicted octanol–water partition coefficient (Wildman–Crippen LogP) is 4.38. The molecule has 45 heavy (non-hydrogen) atoms. The molecule has 3 N–H and O–H groups in total. The third-order valence-electron chi connectivity index (χ3n) is 8.06. The van der Waals surface area contributed by atoms with E-state index in [4.69, 9.17) is 9.84 Å². The lowest BCUT2D eigenvalue weighted by atomic mass is 10.0. The van der Waals surface area contributed by atoms with Crippen molar-refractivity contribution in [3.8, 4) is 17.0 Å². The van der Waals surface area contributed by atoms with E-state index < -0.39 is 29.9 Å². The lowest BCUT2D eigenvalue weighted by molar-refractivity contribution is -0.143. The summed E-state index contributed by atoms with van der Waals surface area (Å²) >= 11 is 0. The minimum absolute atomic E-state index is 0.0482. The summed E-state index contributed by atoms with van der Waals surface area (Å²) in [6.07, 6.45) is -4.78. The molecule has 4 aromatic rings. The summed E-state index contributed by atoms with van der Waals surface area (Å²) in [5.74, 6) is 0.0396. The predicted molar refractivity (Wildman–Crippen MR) is 158 cm³/mol. The fraction of sp³-hybridized carbons (Fsp3) is 0.355. The van der Waals surface area contributed by atoms with Gasteiger partial charge >= 0.3 is 12.3 Å². The number of alkyl halides is 3. The largest absolute Gasteiger partial charge is 0.497 e. The summed E-state index contributed by atoms with van der Waals surface area (Å²) in [5.41, 5.74) is 0.660. The van der Waals surface area contributed by atoms with Crippen LogP contribution in [0.25, 0.3) is 16.9 Å². The van der Waals surface area contributed by atoms with Crippen molar-refractivity contribution in [2.24, 2.45) is 0 Å². The smallest absolute Gasteiger partial charge is 0.433 e. The lowest BCUT2D eigenvalue weighted by Crippen LogP contribution is -2.55. The highest BCUT2D eigenvalue weighted by atomic mass is 19.4. The summed E-state index contributed by atoms with van der Waals surface area (Å²) in [5, 5.41) is 25.5. The van der Waals surface area contributed by atoms with Gasteiger partial charge in [-0.3, -0.25) is 9.69 Å². The molecule has 0 saturated carbocycles. The molecule has 0 unspecified atom stereocenters. The maximum atomic E-state index is 14.4. The molecule has 0 spiro atoms. The van der Waals surface area contributed by atoms with Crippen LogP contribution in [0.4, 0.5) is 18.0 Å². The molecule has 2 atom stereocenters. The van der Waals surface area contributed by atoms with Gasteiger partial charge in [0, 0.05) is 43.3 Å². The van der Waals surface area contributed by atoms with Gasteiger partial charge in [-0.25, -0.2) is 14.3 Å². The van der Waals surface area contributed by atoms with Crippen molar-refractivity contribution < 1.29 is 37.7 Å². The summed E-state index contributed by atoms with van der Waals surface area (Å²) < 4.78 is 48.9. The second-order valence-electron chi connectivity index (χ2n) is 10.9. The number of halogens is 3. The van der Waals surface area contributed by atoms with Gasteiger partial charge in [0.05, 0.1) is 31.6 Å². The fourth-order valence-electron chi connectivity index (χ4n) is 5.83. The molecule has 238 valence electrons. The molecule has 1 aliphatic heterocycles. The molecule has 1 aliphatic rings. The Kier molecular flexibility index (Phi) is 8.98. The number of hydrogen-bond donors (Lipinski definition) is 3. The van der Waals surface area contributed by atoms with Crippen molar-refractivity contribution in [1.82, 2.24) is 29.7 Å². The van der Waals surface area contributed by atoms with Crippen molar-refractivity contribution in [2.75, 3.05) is 33.4 Å². The van der Waals surface area contributed by atoms with Gasteiger partial charge in [0.2, 0.25) is 0 Å². The molecule has 2 aromatic heterocycles. The van der Waals surface area contributed by atoms with E-state index in [1.807, 2.05) is 24.0 Å². The van der Waals surface area contributed by atoms with E-state index in [-0.39, 0.29) is 48.2 Å². The van der Waals surface area contributed by atoms with Crippen LogP contribution in [0.2, 0.25) is 0 Å². The Balaban J connectivity index is 1.43. The van der Waals surface area contributed by atoms with Crippen LogP contribution >= 0.6 is 0 Å². The van der Waals surface area contributed by atoms with Crippen LogP contribution in [-0.4, -0.2) is 86.0 Å². The summed E-state index contributed by atoms with van der Waals surface area (Å²) in [4.78, 5) is 32.9. The van der Waals surface area contributed by atoms with E-state index >= 15 is 0 Å². The number of carbonyl (C=O) groups excluding carboxylic acids is 1. The monoisotopic (exact) mass is 626 g/mol. The van der Waals surface area contributed by atoms with Gasteiger partial charge in [-0.2, -0.15) is 18.3 Å². The van der Waals surface area contributed by atoms with Gasteiger partial charge in [-0.1, -0.05) is 24.3 Å². The number of rotatable bonds is 8. The Labute approximate surface area is 256 Å². The first-order valence-corrected chi connectivity index (χ1v) is 14.2. The van der Waals surface area contributed by atoms with Crippen LogP contribution in [0, 0.1) is 6.92 Å². The average Bonchev–Trinajstić information content (AvgIpc) is 3.42. The Morgan fingerprint density at radius 2 is 1.89 bits per heavy atom. The van der Waals surface area contributed by atoms with Gasteiger partial charge in [-0.15, -0.1) is 0 Å². The van der Waals surface area contributed by atoms with E-state index in [0.717, 1.165) is 17.3 Å². The minimum atomic E-state index is -4.77. The second-order valence-corrected chi connectivity index (χ2v) is 10.9. The minimum Gasteiger partial charge on any atom is -0.497 e. The number of nitrogens with one attached hydrogen (secondary N) is 1. The standard InChI is InChI=1S/C31H33F3N6O5/c1-18-16-38(25(17-41)22-6-4-5-20(13-22)14-35-30(43)44)11-12-39(18)29(42)24-15-36-40-27(31(32,33)34)19(2)26(37-28(24)40)21-7-9-23(45-3)10-8-21/h4-10,13,15,18,25,35,41H,11-12,14,16-17H2,1-3H3,(H,43,44)/t18-,25-/m1/s1. The molecule has 2 amide bonds. The number of ether oxygens (including phenoxy) is 1. The topological polar surface area (TPSA) is 133 Å². The molecule has 5 rings (SSSR count). The number of fused-ring (bicyclic) bond motifs is 1. The van der Waals surface area contributed by atoms with Crippen molar-refractivity contribution in [1.29, 1.82) is 0 Å². The van der Waals surface area contributed by atoms with E-state index in [1.54, 1.807) is 41.3 Å². The summed E-state index contributed by atoms with van der Waals surface area (Å²) in [7, 11) is 1.49. The zero-order chi connectivity index (χ0) is 32.5. The zero-order valence-electron chi connectivity index (χ0n) is 24.9. The number of piperazine rings is 1. The highest BCUT2D eigenvalue weighted by Crippen LogP contribution is 2.37. The van der Waals surface area contributed by atoms with Gasteiger partial charge in [0.1, 0.15) is 11.3 Å². The molecule has 3 heterocycles. The number of carboxylic acid groups (broad SMARTS) is 1. The number of carbonyl (C=O) groups is 2. The third kappa shape index (κ3) is 6.42. The van der Waals surface area contributed by atoms with Crippen molar-refractivity contribution in [2.45, 2.75) is 38.7 Å².